The van der Waals surface area contributed by atoms with Gasteiger partial charge in [0, 0.05) is 50.3 Å². The maximum atomic E-state index is 4.49. The molecule has 0 amide bonds. The second-order valence-corrected chi connectivity index (χ2v) is 6.73. The highest BCUT2D eigenvalue weighted by molar-refractivity contribution is 14.0. The van der Waals surface area contributed by atoms with Crippen molar-refractivity contribution in [2.24, 2.45) is 4.99 Å². The average molecular weight is 432 g/mol. The molecular formula is C16H25IN4S. The van der Waals surface area contributed by atoms with Gasteiger partial charge in [0.1, 0.15) is 0 Å². The fraction of sp³-hybridized carbons (Fsp3) is 0.562. The number of aliphatic imine (C=N–C) groups is 1. The molecule has 2 aliphatic rings. The third kappa shape index (κ3) is 5.31. The highest BCUT2D eigenvalue weighted by Crippen LogP contribution is 2.18. The second kappa shape index (κ2) is 9.62. The third-order valence-electron chi connectivity index (χ3n) is 3.98. The third-order valence-corrected chi connectivity index (χ3v) is 5.07. The van der Waals surface area contributed by atoms with Gasteiger partial charge in [-0.1, -0.05) is 30.3 Å². The van der Waals surface area contributed by atoms with Gasteiger partial charge in [-0.15, -0.1) is 24.0 Å². The van der Waals surface area contributed by atoms with Crippen molar-refractivity contribution in [2.45, 2.75) is 19.0 Å². The summed E-state index contributed by atoms with van der Waals surface area (Å²) in [6.07, 6.45) is 1.14. The first kappa shape index (κ1) is 17.9. The van der Waals surface area contributed by atoms with E-state index in [-0.39, 0.29) is 24.0 Å². The molecular weight excluding hydrogens is 407 g/mol. The molecule has 22 heavy (non-hydrogen) atoms. The van der Waals surface area contributed by atoms with E-state index in [0.717, 1.165) is 38.6 Å². The quantitative estimate of drug-likeness (QED) is 0.716. The van der Waals surface area contributed by atoms with Crippen LogP contribution in [0.5, 0.6) is 0 Å². The van der Waals surface area contributed by atoms with Crippen molar-refractivity contribution in [3.63, 3.8) is 0 Å². The van der Waals surface area contributed by atoms with Crippen molar-refractivity contribution in [3.05, 3.63) is 35.9 Å². The molecule has 0 bridgehead atoms. The van der Waals surface area contributed by atoms with E-state index in [1.54, 1.807) is 0 Å². The monoisotopic (exact) mass is 432 g/mol. The number of halogens is 1. The van der Waals surface area contributed by atoms with Gasteiger partial charge in [0.25, 0.3) is 0 Å². The Morgan fingerprint density at radius 2 is 2.18 bits per heavy atom. The number of thioether (sulfide) groups is 1. The van der Waals surface area contributed by atoms with E-state index in [2.05, 4.69) is 62.6 Å². The van der Waals surface area contributed by atoms with Gasteiger partial charge in [0.05, 0.1) is 0 Å². The molecule has 1 saturated heterocycles. The van der Waals surface area contributed by atoms with Crippen LogP contribution in [-0.4, -0.2) is 54.6 Å². The summed E-state index contributed by atoms with van der Waals surface area (Å²) in [5.41, 5.74) is 1.41. The van der Waals surface area contributed by atoms with Crippen LogP contribution in [0.25, 0.3) is 0 Å². The number of hydrogen-bond donors (Lipinski definition) is 2. The maximum absolute atomic E-state index is 4.49. The number of guanidine groups is 1. The molecule has 0 saturated carbocycles. The summed E-state index contributed by atoms with van der Waals surface area (Å²) in [5.74, 6) is 3.42. The van der Waals surface area contributed by atoms with Gasteiger partial charge >= 0.3 is 0 Å². The Morgan fingerprint density at radius 3 is 2.95 bits per heavy atom. The summed E-state index contributed by atoms with van der Waals surface area (Å²) >= 11 is 2.06. The SMILES string of the molecule is I.c1ccc(CN2CCSCC2CNC2=NCCCN2)cc1. The first-order valence-corrected chi connectivity index (χ1v) is 8.95. The van der Waals surface area contributed by atoms with Crippen LogP contribution in [0.1, 0.15) is 12.0 Å². The van der Waals surface area contributed by atoms with Gasteiger partial charge in [0.2, 0.25) is 0 Å². The van der Waals surface area contributed by atoms with Crippen LogP contribution in [0.4, 0.5) is 0 Å². The van der Waals surface area contributed by atoms with Gasteiger partial charge in [0.15, 0.2) is 5.96 Å². The van der Waals surface area contributed by atoms with Crippen LogP contribution in [0.2, 0.25) is 0 Å². The minimum atomic E-state index is 0. The van der Waals surface area contributed by atoms with Crippen molar-refractivity contribution in [1.82, 2.24) is 15.5 Å². The predicted octanol–water partition coefficient (Wildman–Crippen LogP) is 2.16. The zero-order valence-electron chi connectivity index (χ0n) is 12.8. The van der Waals surface area contributed by atoms with Crippen molar-refractivity contribution < 1.29 is 0 Å². The Bertz CT molecular complexity index is 468. The molecule has 1 fully saturated rings. The zero-order chi connectivity index (χ0) is 14.3. The first-order chi connectivity index (χ1) is 10.4. The van der Waals surface area contributed by atoms with Crippen molar-refractivity contribution in [1.29, 1.82) is 0 Å². The van der Waals surface area contributed by atoms with Crippen LogP contribution in [0.15, 0.2) is 35.3 Å². The number of benzene rings is 1. The molecule has 2 heterocycles. The Labute approximate surface area is 154 Å². The van der Waals surface area contributed by atoms with Crippen LogP contribution in [0, 0.1) is 0 Å². The molecule has 0 aliphatic carbocycles. The predicted molar refractivity (Wildman–Crippen MR) is 106 cm³/mol. The maximum Gasteiger partial charge on any atom is 0.191 e. The second-order valence-electron chi connectivity index (χ2n) is 5.58. The number of nitrogens with one attached hydrogen (secondary N) is 2. The molecule has 2 N–H and O–H groups in total. The van der Waals surface area contributed by atoms with E-state index >= 15 is 0 Å². The Balaban J connectivity index is 0.00000176. The highest BCUT2D eigenvalue weighted by atomic mass is 127. The normalized spacial score (nSPS) is 22.2. The topological polar surface area (TPSA) is 39.7 Å². The summed E-state index contributed by atoms with van der Waals surface area (Å²) in [4.78, 5) is 7.09. The van der Waals surface area contributed by atoms with Crippen molar-refractivity contribution in [3.8, 4) is 0 Å². The van der Waals surface area contributed by atoms with Gasteiger partial charge in [-0.2, -0.15) is 11.8 Å². The van der Waals surface area contributed by atoms with E-state index in [9.17, 15) is 0 Å². The van der Waals surface area contributed by atoms with Crippen LogP contribution in [-0.2, 0) is 6.54 Å². The van der Waals surface area contributed by atoms with E-state index in [0.29, 0.717) is 6.04 Å². The molecule has 1 aromatic carbocycles. The Morgan fingerprint density at radius 1 is 1.32 bits per heavy atom. The molecule has 0 radical (unpaired) electrons. The van der Waals surface area contributed by atoms with E-state index < -0.39 is 0 Å². The van der Waals surface area contributed by atoms with Crippen molar-refractivity contribution >= 4 is 41.7 Å². The van der Waals surface area contributed by atoms with Crippen LogP contribution in [0.3, 0.4) is 0 Å². The molecule has 122 valence electrons. The summed E-state index contributed by atoms with van der Waals surface area (Å²) < 4.78 is 0. The first-order valence-electron chi connectivity index (χ1n) is 7.80. The number of hydrogen-bond acceptors (Lipinski definition) is 5. The molecule has 1 atom stereocenters. The summed E-state index contributed by atoms with van der Waals surface area (Å²) in [5, 5.41) is 6.83. The standard InChI is InChI=1S/C16H24N4S.HI/c1-2-5-14(6-3-1)12-20-9-10-21-13-15(20)11-19-16-17-7-4-8-18-16;/h1-3,5-6,15H,4,7-13H2,(H2,17,18,19);1H. The van der Waals surface area contributed by atoms with E-state index in [4.69, 9.17) is 0 Å². The summed E-state index contributed by atoms with van der Waals surface area (Å²) in [6.45, 7) is 5.19. The van der Waals surface area contributed by atoms with Crippen LogP contribution >= 0.6 is 35.7 Å². The van der Waals surface area contributed by atoms with Gasteiger partial charge in [-0.05, 0) is 12.0 Å². The molecule has 1 aromatic rings. The number of rotatable bonds is 4. The molecule has 0 aromatic heterocycles. The lowest BCUT2D eigenvalue weighted by molar-refractivity contribution is 0.210. The lowest BCUT2D eigenvalue weighted by atomic mass is 10.1. The van der Waals surface area contributed by atoms with Crippen LogP contribution < -0.4 is 10.6 Å². The minimum absolute atomic E-state index is 0. The van der Waals surface area contributed by atoms with Crippen molar-refractivity contribution in [2.75, 3.05) is 37.7 Å². The summed E-state index contributed by atoms with van der Waals surface area (Å²) in [6, 6.07) is 11.4. The lowest BCUT2D eigenvalue weighted by Gasteiger charge is -2.36. The molecule has 4 nitrogen and oxygen atoms in total. The molecule has 1 unspecified atom stereocenters. The lowest BCUT2D eigenvalue weighted by Crippen LogP contribution is -2.51. The minimum Gasteiger partial charge on any atom is -0.356 e. The number of nitrogens with zero attached hydrogens (tertiary/aromatic N) is 2. The Hall–Kier alpha value is -0.470. The fourth-order valence-corrected chi connectivity index (χ4v) is 3.90. The van der Waals surface area contributed by atoms with E-state index in [1.807, 2.05) is 0 Å². The van der Waals surface area contributed by atoms with E-state index in [1.165, 1.54) is 23.6 Å². The van der Waals surface area contributed by atoms with Gasteiger partial charge in [-0.25, -0.2) is 0 Å². The Kier molecular flexibility index (Phi) is 7.82. The van der Waals surface area contributed by atoms with Gasteiger partial charge < -0.3 is 10.6 Å². The fourth-order valence-electron chi connectivity index (χ4n) is 2.77. The highest BCUT2D eigenvalue weighted by Gasteiger charge is 2.23. The molecule has 2 aliphatic heterocycles. The summed E-state index contributed by atoms with van der Waals surface area (Å²) in [7, 11) is 0. The zero-order valence-corrected chi connectivity index (χ0v) is 16.0. The molecule has 0 spiro atoms. The average Bonchev–Trinajstić information content (AvgIpc) is 2.56. The molecule has 3 rings (SSSR count). The smallest absolute Gasteiger partial charge is 0.191 e. The largest absolute Gasteiger partial charge is 0.356 e. The molecule has 6 heteroatoms. The van der Waals surface area contributed by atoms with Gasteiger partial charge in [-0.3, -0.25) is 9.89 Å².